The highest BCUT2D eigenvalue weighted by Crippen LogP contribution is 2.44. The average Bonchev–Trinajstić information content (AvgIpc) is 3.09. The predicted molar refractivity (Wildman–Crippen MR) is 113 cm³/mol. The van der Waals surface area contributed by atoms with E-state index in [0.717, 1.165) is 0 Å². The first-order valence-corrected chi connectivity index (χ1v) is 9.52. The van der Waals surface area contributed by atoms with E-state index in [1.165, 1.54) is 22.3 Å². The van der Waals surface area contributed by atoms with E-state index in [1.54, 1.807) is 13.3 Å². The van der Waals surface area contributed by atoms with Gasteiger partial charge in [-0.2, -0.15) is 0 Å². The van der Waals surface area contributed by atoms with E-state index in [1.807, 2.05) is 48.6 Å². The smallest absolute Gasteiger partial charge is 0.407 e. The number of nitrogens with one attached hydrogen (secondary N) is 1. The summed E-state index contributed by atoms with van der Waals surface area (Å²) in [5.41, 5.74) is 5.53. The van der Waals surface area contributed by atoms with E-state index in [2.05, 4.69) is 34.6 Å². The number of aromatic nitrogens is 1. The molecule has 1 heterocycles. The van der Waals surface area contributed by atoms with Gasteiger partial charge in [-0.3, -0.25) is 4.98 Å². The van der Waals surface area contributed by atoms with Crippen molar-refractivity contribution < 1.29 is 14.3 Å². The van der Waals surface area contributed by atoms with Gasteiger partial charge < -0.3 is 14.8 Å². The van der Waals surface area contributed by atoms with Crippen molar-refractivity contribution in [2.45, 2.75) is 5.92 Å². The molecule has 2 aromatic carbocycles. The van der Waals surface area contributed by atoms with E-state index in [-0.39, 0.29) is 5.92 Å². The molecule has 0 saturated carbocycles. The van der Waals surface area contributed by atoms with Gasteiger partial charge in [-0.1, -0.05) is 54.6 Å². The van der Waals surface area contributed by atoms with E-state index < -0.39 is 6.09 Å². The van der Waals surface area contributed by atoms with Crippen LogP contribution < -0.4 is 10.1 Å². The number of carbonyl (C=O) groups excluding carboxylic acids is 1. The molecule has 0 fully saturated rings. The second kappa shape index (κ2) is 8.61. The number of methoxy groups -OCH3 is 1. The van der Waals surface area contributed by atoms with Crippen molar-refractivity contribution in [3.63, 3.8) is 0 Å². The Morgan fingerprint density at radius 1 is 1.03 bits per heavy atom. The number of amides is 1. The molecule has 3 aromatic rings. The molecule has 0 spiro atoms. The fourth-order valence-electron chi connectivity index (χ4n) is 3.66. The average molecular weight is 386 g/mol. The third kappa shape index (κ3) is 3.99. The second-order valence-corrected chi connectivity index (χ2v) is 6.70. The van der Waals surface area contributed by atoms with Crippen molar-refractivity contribution in [3.8, 4) is 16.9 Å². The molecule has 0 saturated heterocycles. The number of nitrogens with zero attached hydrogens (tertiary/aromatic N) is 1. The van der Waals surface area contributed by atoms with Crippen LogP contribution in [0.15, 0.2) is 72.9 Å². The SMILES string of the molecule is COc1cccnc1C=CCNC(=O)OCC1c2ccccc2-c2ccccc21. The van der Waals surface area contributed by atoms with Crippen LogP contribution in [-0.2, 0) is 4.74 Å². The molecule has 146 valence electrons. The van der Waals surface area contributed by atoms with Crippen LogP contribution in [0.2, 0.25) is 0 Å². The Morgan fingerprint density at radius 3 is 2.41 bits per heavy atom. The third-order valence-corrected chi connectivity index (χ3v) is 5.00. The van der Waals surface area contributed by atoms with Crippen molar-refractivity contribution >= 4 is 12.2 Å². The van der Waals surface area contributed by atoms with Crippen LogP contribution in [0.25, 0.3) is 17.2 Å². The lowest BCUT2D eigenvalue weighted by Gasteiger charge is -2.14. The summed E-state index contributed by atoms with van der Waals surface area (Å²) in [6.45, 7) is 0.647. The molecule has 5 heteroatoms. The highest BCUT2D eigenvalue weighted by Gasteiger charge is 2.28. The fourth-order valence-corrected chi connectivity index (χ4v) is 3.66. The van der Waals surface area contributed by atoms with Crippen LogP contribution in [0, 0.1) is 0 Å². The summed E-state index contributed by atoms with van der Waals surface area (Å²) in [7, 11) is 1.60. The van der Waals surface area contributed by atoms with Crippen LogP contribution in [0.1, 0.15) is 22.7 Å². The molecule has 1 amide bonds. The third-order valence-electron chi connectivity index (χ3n) is 5.00. The second-order valence-electron chi connectivity index (χ2n) is 6.70. The first-order chi connectivity index (χ1) is 14.3. The minimum atomic E-state index is -0.440. The van der Waals surface area contributed by atoms with Crippen LogP contribution in [0.3, 0.4) is 0 Å². The van der Waals surface area contributed by atoms with Gasteiger partial charge in [-0.05, 0) is 40.5 Å². The number of alkyl carbamates (subject to hydrolysis) is 1. The van der Waals surface area contributed by atoms with Crippen molar-refractivity contribution in [1.29, 1.82) is 0 Å². The van der Waals surface area contributed by atoms with Gasteiger partial charge in [-0.25, -0.2) is 4.79 Å². The standard InChI is InChI=1S/C24H22N2O3/c1-28-23-13-7-14-25-22(23)12-6-15-26-24(27)29-16-21-19-10-4-2-8-17(19)18-9-3-5-11-20(18)21/h2-14,21H,15-16H2,1H3,(H,26,27). The molecule has 0 bridgehead atoms. The van der Waals surface area contributed by atoms with Crippen molar-refractivity contribution in [2.24, 2.45) is 0 Å². The Kier molecular flexibility index (Phi) is 5.56. The number of fused-ring (bicyclic) bond motifs is 3. The lowest BCUT2D eigenvalue weighted by atomic mass is 9.98. The normalized spacial score (nSPS) is 12.4. The summed E-state index contributed by atoms with van der Waals surface area (Å²) in [6.07, 6.45) is 4.88. The van der Waals surface area contributed by atoms with Crippen molar-refractivity contribution in [2.75, 3.05) is 20.3 Å². The van der Waals surface area contributed by atoms with Crippen molar-refractivity contribution in [1.82, 2.24) is 10.3 Å². The fraction of sp³-hybridized carbons (Fsp3) is 0.167. The van der Waals surface area contributed by atoms with Gasteiger partial charge in [0.1, 0.15) is 18.1 Å². The van der Waals surface area contributed by atoms with Gasteiger partial charge >= 0.3 is 6.09 Å². The quantitative estimate of drug-likeness (QED) is 0.670. The summed E-state index contributed by atoms with van der Waals surface area (Å²) >= 11 is 0. The van der Waals surface area contributed by atoms with E-state index in [4.69, 9.17) is 9.47 Å². The Bertz CT molecular complexity index is 1000. The molecule has 0 unspecified atom stereocenters. The molecule has 0 aliphatic heterocycles. The molecule has 1 aliphatic carbocycles. The van der Waals surface area contributed by atoms with Gasteiger partial charge in [0.05, 0.1) is 7.11 Å². The van der Waals surface area contributed by atoms with E-state index in [0.29, 0.717) is 24.6 Å². The lowest BCUT2D eigenvalue weighted by molar-refractivity contribution is 0.144. The Morgan fingerprint density at radius 2 is 1.72 bits per heavy atom. The first kappa shape index (κ1) is 18.7. The number of rotatable bonds is 6. The van der Waals surface area contributed by atoms with Gasteiger partial charge in [-0.15, -0.1) is 0 Å². The number of hydrogen-bond donors (Lipinski definition) is 1. The first-order valence-electron chi connectivity index (χ1n) is 9.52. The Labute approximate surface area is 170 Å². The molecule has 29 heavy (non-hydrogen) atoms. The Hall–Kier alpha value is -3.60. The van der Waals surface area contributed by atoms with E-state index >= 15 is 0 Å². The molecular weight excluding hydrogens is 364 g/mol. The lowest BCUT2D eigenvalue weighted by Crippen LogP contribution is -2.26. The van der Waals surface area contributed by atoms with Crippen LogP contribution in [0.4, 0.5) is 4.79 Å². The summed E-state index contributed by atoms with van der Waals surface area (Å²) < 4.78 is 10.8. The van der Waals surface area contributed by atoms with Gasteiger partial charge in [0, 0.05) is 18.7 Å². The monoisotopic (exact) mass is 386 g/mol. The molecule has 0 atom stereocenters. The minimum Gasteiger partial charge on any atom is -0.494 e. The molecule has 4 rings (SSSR count). The molecule has 1 N–H and O–H groups in total. The van der Waals surface area contributed by atoms with Crippen molar-refractivity contribution in [3.05, 3.63) is 89.8 Å². The van der Waals surface area contributed by atoms with Gasteiger partial charge in [0.2, 0.25) is 0 Å². The van der Waals surface area contributed by atoms with Crippen LogP contribution in [0.5, 0.6) is 5.75 Å². The summed E-state index contributed by atoms with van der Waals surface area (Å²) in [6, 6.07) is 20.2. The van der Waals surface area contributed by atoms with E-state index in [9.17, 15) is 4.79 Å². The molecule has 1 aliphatic rings. The van der Waals surface area contributed by atoms with Crippen LogP contribution >= 0.6 is 0 Å². The highest BCUT2D eigenvalue weighted by atomic mass is 16.5. The number of carbonyl (C=O) groups is 1. The molecular formula is C24H22N2O3. The number of benzene rings is 2. The Balaban J connectivity index is 1.34. The van der Waals surface area contributed by atoms with Gasteiger partial charge in [0.15, 0.2) is 0 Å². The maximum atomic E-state index is 12.2. The number of pyridine rings is 1. The number of hydrogen-bond acceptors (Lipinski definition) is 4. The zero-order chi connectivity index (χ0) is 20.1. The van der Waals surface area contributed by atoms with Crippen LogP contribution in [-0.4, -0.2) is 31.3 Å². The summed E-state index contributed by atoms with van der Waals surface area (Å²) in [4.78, 5) is 16.4. The maximum Gasteiger partial charge on any atom is 0.407 e. The largest absolute Gasteiger partial charge is 0.494 e. The maximum absolute atomic E-state index is 12.2. The summed E-state index contributed by atoms with van der Waals surface area (Å²) in [5, 5.41) is 2.75. The van der Waals surface area contributed by atoms with Gasteiger partial charge in [0.25, 0.3) is 0 Å². The zero-order valence-corrected chi connectivity index (χ0v) is 16.2. The highest BCUT2D eigenvalue weighted by molar-refractivity contribution is 5.79. The topological polar surface area (TPSA) is 60.5 Å². The summed E-state index contributed by atoms with van der Waals surface area (Å²) in [5.74, 6) is 0.742. The molecule has 5 nitrogen and oxygen atoms in total. The molecule has 1 aromatic heterocycles. The minimum absolute atomic E-state index is 0.0569. The number of ether oxygens (including phenoxy) is 2. The predicted octanol–water partition coefficient (Wildman–Crippen LogP) is 4.64. The zero-order valence-electron chi connectivity index (χ0n) is 16.2. The molecule has 0 radical (unpaired) electrons.